The van der Waals surface area contributed by atoms with Crippen LogP contribution in [0.25, 0.3) is 11.1 Å². The van der Waals surface area contributed by atoms with E-state index in [2.05, 4.69) is 181 Å². The third-order valence-corrected chi connectivity index (χ3v) is 12.3. The first-order valence-corrected chi connectivity index (χ1v) is 16.2. The Hall–Kier alpha value is -4.02. The molecule has 0 heterocycles. The van der Waals surface area contributed by atoms with Crippen molar-refractivity contribution in [3.8, 4) is 11.1 Å². The Morgan fingerprint density at radius 2 is 0.725 bits per heavy atom. The van der Waals surface area contributed by atoms with Crippen LogP contribution >= 0.6 is 16.1 Å². The lowest BCUT2D eigenvalue weighted by Gasteiger charge is -2.42. The lowest BCUT2D eigenvalue weighted by molar-refractivity contribution is 1.42. The van der Waals surface area contributed by atoms with E-state index in [1.165, 1.54) is 43.6 Å². The molecule has 3 heteroatoms. The standard InChI is InChI=1S/C37H31NP2/c1-30-18-17-29-36(31-19-7-2-8-20-31)37(30)38(39(32-21-9-3-10-22-32)33-23-11-4-12-24-33)40(34-25-13-5-14-26-34)35-27-15-6-16-28-35/h2-29H,1H3. The van der Waals surface area contributed by atoms with Crippen LogP contribution in [0.3, 0.4) is 0 Å². The molecule has 0 aliphatic carbocycles. The van der Waals surface area contributed by atoms with E-state index in [0.29, 0.717) is 0 Å². The molecule has 0 N–H and O–H groups in total. The van der Waals surface area contributed by atoms with E-state index in [0.717, 1.165) is 0 Å². The van der Waals surface area contributed by atoms with Crippen LogP contribution in [0.2, 0.25) is 0 Å². The van der Waals surface area contributed by atoms with Crippen molar-refractivity contribution in [2.45, 2.75) is 6.92 Å². The van der Waals surface area contributed by atoms with Crippen molar-refractivity contribution in [1.29, 1.82) is 0 Å². The molecule has 1 nitrogen and oxygen atoms in total. The van der Waals surface area contributed by atoms with Crippen LogP contribution in [0.1, 0.15) is 5.56 Å². The van der Waals surface area contributed by atoms with Gasteiger partial charge in [-0.2, -0.15) is 0 Å². The first-order valence-electron chi connectivity index (χ1n) is 13.6. The molecule has 0 atom stereocenters. The Labute approximate surface area is 240 Å². The van der Waals surface area contributed by atoms with Crippen LogP contribution < -0.4 is 25.7 Å². The zero-order chi connectivity index (χ0) is 27.1. The Morgan fingerprint density at radius 1 is 0.375 bits per heavy atom. The van der Waals surface area contributed by atoms with E-state index in [9.17, 15) is 0 Å². The SMILES string of the molecule is Cc1cccc(-c2ccccc2)c1N(P(c1ccccc1)c1ccccc1)P(c1ccccc1)c1ccccc1. The lowest BCUT2D eigenvalue weighted by atomic mass is 10.0. The third kappa shape index (κ3) is 5.50. The Balaban J connectivity index is 1.72. The summed E-state index contributed by atoms with van der Waals surface area (Å²) in [5.74, 6) is 0. The molecular weight excluding hydrogens is 520 g/mol. The number of hydrogen-bond acceptors (Lipinski definition) is 1. The maximum absolute atomic E-state index is 2.79. The quantitative estimate of drug-likeness (QED) is 0.171. The molecule has 0 saturated carbocycles. The topological polar surface area (TPSA) is 3.24 Å². The molecule has 0 aliphatic heterocycles. The van der Waals surface area contributed by atoms with Crippen molar-refractivity contribution < 1.29 is 0 Å². The number of anilines is 1. The summed E-state index contributed by atoms with van der Waals surface area (Å²) < 4.78 is 2.79. The highest BCUT2D eigenvalue weighted by atomic mass is 31.2. The van der Waals surface area contributed by atoms with Gasteiger partial charge in [-0.15, -0.1) is 0 Å². The van der Waals surface area contributed by atoms with Gasteiger partial charge in [0.2, 0.25) is 0 Å². The van der Waals surface area contributed by atoms with E-state index < -0.39 is 16.1 Å². The van der Waals surface area contributed by atoms with Crippen molar-refractivity contribution in [1.82, 2.24) is 0 Å². The monoisotopic (exact) mass is 551 g/mol. The molecule has 194 valence electrons. The van der Waals surface area contributed by atoms with Crippen LogP contribution in [0, 0.1) is 6.92 Å². The predicted octanol–water partition coefficient (Wildman–Crippen LogP) is 8.56. The van der Waals surface area contributed by atoms with E-state index in [-0.39, 0.29) is 0 Å². The minimum Gasteiger partial charge on any atom is -0.312 e. The molecule has 0 spiro atoms. The van der Waals surface area contributed by atoms with Gasteiger partial charge < -0.3 is 4.44 Å². The van der Waals surface area contributed by atoms with Crippen LogP contribution in [0.15, 0.2) is 170 Å². The molecule has 0 bridgehead atoms. The molecule has 0 aromatic heterocycles. The highest BCUT2D eigenvalue weighted by Gasteiger charge is 2.34. The maximum atomic E-state index is 2.79. The zero-order valence-corrected chi connectivity index (χ0v) is 24.3. The second-order valence-corrected chi connectivity index (χ2v) is 14.0. The summed E-state index contributed by atoms with van der Waals surface area (Å²) in [7, 11) is -1.88. The van der Waals surface area contributed by atoms with Crippen molar-refractivity contribution in [3.63, 3.8) is 0 Å². The van der Waals surface area contributed by atoms with Gasteiger partial charge >= 0.3 is 0 Å². The largest absolute Gasteiger partial charge is 0.312 e. The fraction of sp³-hybridized carbons (Fsp3) is 0.0270. The molecule has 0 amide bonds. The molecule has 0 saturated heterocycles. The van der Waals surface area contributed by atoms with E-state index in [1.54, 1.807) is 0 Å². The molecule has 0 fully saturated rings. The average molecular weight is 552 g/mol. The van der Waals surface area contributed by atoms with Gasteiger partial charge in [0.25, 0.3) is 0 Å². The molecule has 6 aromatic carbocycles. The van der Waals surface area contributed by atoms with E-state index in [4.69, 9.17) is 0 Å². The summed E-state index contributed by atoms with van der Waals surface area (Å²) in [5, 5.41) is 5.35. The minimum absolute atomic E-state index is 0.938. The van der Waals surface area contributed by atoms with Crippen molar-refractivity contribution >= 4 is 43.1 Å². The summed E-state index contributed by atoms with van der Waals surface area (Å²) >= 11 is 0. The summed E-state index contributed by atoms with van der Waals surface area (Å²) in [6, 6.07) is 61.9. The third-order valence-electron chi connectivity index (χ3n) is 6.90. The number of benzene rings is 6. The van der Waals surface area contributed by atoms with Crippen molar-refractivity contribution in [2.24, 2.45) is 0 Å². The van der Waals surface area contributed by atoms with Crippen molar-refractivity contribution in [2.75, 3.05) is 4.44 Å². The molecule has 40 heavy (non-hydrogen) atoms. The number of rotatable bonds is 8. The maximum Gasteiger partial charge on any atom is 0.0591 e. The van der Waals surface area contributed by atoms with Crippen LogP contribution in [-0.4, -0.2) is 0 Å². The summed E-state index contributed by atoms with van der Waals surface area (Å²) in [4.78, 5) is 0. The summed E-state index contributed by atoms with van der Waals surface area (Å²) in [6.45, 7) is 2.27. The highest BCUT2D eigenvalue weighted by Crippen LogP contribution is 2.59. The summed E-state index contributed by atoms with van der Waals surface area (Å²) in [6.07, 6.45) is 0. The van der Waals surface area contributed by atoms with Gasteiger partial charge in [-0.25, -0.2) is 0 Å². The molecular formula is C37H31NP2. The van der Waals surface area contributed by atoms with Crippen LogP contribution in [0.5, 0.6) is 0 Å². The number of hydrogen-bond donors (Lipinski definition) is 0. The molecule has 6 rings (SSSR count). The van der Waals surface area contributed by atoms with Crippen LogP contribution in [-0.2, 0) is 0 Å². The molecule has 0 aliphatic rings. The molecule has 6 aromatic rings. The van der Waals surface area contributed by atoms with Gasteiger partial charge in [0.15, 0.2) is 0 Å². The first-order chi connectivity index (χ1) is 19.8. The Kier molecular flexibility index (Phi) is 8.15. The predicted molar refractivity (Wildman–Crippen MR) is 177 cm³/mol. The van der Waals surface area contributed by atoms with Crippen LogP contribution in [0.4, 0.5) is 5.69 Å². The Morgan fingerprint density at radius 3 is 1.10 bits per heavy atom. The molecule has 0 unspecified atom stereocenters. The van der Waals surface area contributed by atoms with E-state index >= 15 is 0 Å². The van der Waals surface area contributed by atoms with Crippen molar-refractivity contribution in [3.05, 3.63) is 175 Å². The van der Waals surface area contributed by atoms with Gasteiger partial charge in [-0.1, -0.05) is 170 Å². The Bertz CT molecular complexity index is 1480. The smallest absolute Gasteiger partial charge is 0.0591 e. The van der Waals surface area contributed by atoms with Gasteiger partial charge in [0.1, 0.15) is 0 Å². The second kappa shape index (κ2) is 12.4. The highest BCUT2D eigenvalue weighted by molar-refractivity contribution is 7.90. The van der Waals surface area contributed by atoms with E-state index in [1.807, 2.05) is 0 Å². The molecule has 0 radical (unpaired) electrons. The average Bonchev–Trinajstić information content (AvgIpc) is 3.03. The summed E-state index contributed by atoms with van der Waals surface area (Å²) in [5.41, 5.74) is 5.07. The number of aryl methyl sites for hydroxylation is 1. The fourth-order valence-electron chi connectivity index (χ4n) is 5.08. The number of para-hydroxylation sites is 1. The second-order valence-electron chi connectivity index (χ2n) is 9.59. The van der Waals surface area contributed by atoms with Gasteiger partial charge in [0.05, 0.1) is 21.8 Å². The number of nitrogens with zero attached hydrogens (tertiary/aromatic N) is 1. The fourth-order valence-corrected chi connectivity index (χ4v) is 11.3. The normalized spacial score (nSPS) is 11.1. The van der Waals surface area contributed by atoms with Gasteiger partial charge in [-0.3, -0.25) is 0 Å². The zero-order valence-electron chi connectivity index (χ0n) is 22.5. The minimum atomic E-state index is -0.938. The lowest BCUT2D eigenvalue weighted by Crippen LogP contribution is -2.32. The van der Waals surface area contributed by atoms with Gasteiger partial charge in [-0.05, 0) is 18.1 Å². The first kappa shape index (κ1) is 26.2. The van der Waals surface area contributed by atoms with Gasteiger partial charge in [0, 0.05) is 26.8 Å².